The van der Waals surface area contributed by atoms with Crippen LogP contribution in [0.25, 0.3) is 0 Å². The van der Waals surface area contributed by atoms with E-state index in [-0.39, 0.29) is 5.54 Å². The third kappa shape index (κ3) is 6.29. The number of ether oxygens (including phenoxy) is 2. The molecule has 1 aromatic carbocycles. The van der Waals surface area contributed by atoms with Crippen LogP contribution in [0.1, 0.15) is 26.3 Å². The van der Waals surface area contributed by atoms with Crippen molar-refractivity contribution in [3.63, 3.8) is 0 Å². The minimum absolute atomic E-state index is 0.146. The molecule has 0 aromatic heterocycles. The summed E-state index contributed by atoms with van der Waals surface area (Å²) in [7, 11) is 1.67. The first-order valence-electron chi connectivity index (χ1n) is 5.97. The summed E-state index contributed by atoms with van der Waals surface area (Å²) in [5.74, 6) is 0.890. The van der Waals surface area contributed by atoms with Crippen LogP contribution in [0, 0.1) is 0 Å². The van der Waals surface area contributed by atoms with Crippen molar-refractivity contribution in [3.05, 3.63) is 29.8 Å². The van der Waals surface area contributed by atoms with Gasteiger partial charge in [0.2, 0.25) is 0 Å². The Morgan fingerprint density at radius 3 is 2.24 bits per heavy atom. The van der Waals surface area contributed by atoms with Crippen LogP contribution in [0.15, 0.2) is 24.3 Å². The summed E-state index contributed by atoms with van der Waals surface area (Å²) in [6.45, 7) is 8.57. The number of rotatable bonds is 6. The van der Waals surface area contributed by atoms with E-state index in [4.69, 9.17) is 9.47 Å². The fourth-order valence-electron chi connectivity index (χ4n) is 1.31. The van der Waals surface area contributed by atoms with Gasteiger partial charge in [-0.2, -0.15) is 0 Å². The number of nitrogens with one attached hydrogen (secondary N) is 1. The molecule has 1 N–H and O–H groups in total. The van der Waals surface area contributed by atoms with Gasteiger partial charge in [-0.1, -0.05) is 12.1 Å². The molecule has 0 spiro atoms. The molecule has 0 unspecified atom stereocenters. The highest BCUT2D eigenvalue weighted by Crippen LogP contribution is 2.12. The zero-order chi connectivity index (χ0) is 12.7. The van der Waals surface area contributed by atoms with Crippen LogP contribution in [0.2, 0.25) is 0 Å². The SMILES string of the molecule is COCCOc1ccc(CNC(C)(C)C)cc1. The van der Waals surface area contributed by atoms with E-state index in [0.717, 1.165) is 12.3 Å². The first-order valence-corrected chi connectivity index (χ1v) is 5.97. The maximum Gasteiger partial charge on any atom is 0.119 e. The monoisotopic (exact) mass is 237 g/mol. The predicted octanol–water partition coefficient (Wildman–Crippen LogP) is 2.60. The van der Waals surface area contributed by atoms with Gasteiger partial charge in [-0.25, -0.2) is 0 Å². The highest BCUT2D eigenvalue weighted by molar-refractivity contribution is 5.27. The zero-order valence-corrected chi connectivity index (χ0v) is 11.2. The van der Waals surface area contributed by atoms with E-state index in [1.807, 2.05) is 12.1 Å². The molecule has 0 bridgehead atoms. The minimum atomic E-state index is 0.146. The smallest absolute Gasteiger partial charge is 0.119 e. The molecule has 3 heteroatoms. The summed E-state index contributed by atoms with van der Waals surface area (Å²) in [6, 6.07) is 8.16. The summed E-state index contributed by atoms with van der Waals surface area (Å²) in [5.41, 5.74) is 1.41. The third-order valence-corrected chi connectivity index (χ3v) is 2.30. The van der Waals surface area contributed by atoms with E-state index in [1.54, 1.807) is 7.11 Å². The van der Waals surface area contributed by atoms with Crippen molar-refractivity contribution in [2.24, 2.45) is 0 Å². The van der Waals surface area contributed by atoms with Crippen LogP contribution in [0.3, 0.4) is 0 Å². The van der Waals surface area contributed by atoms with Gasteiger partial charge in [0.15, 0.2) is 0 Å². The van der Waals surface area contributed by atoms with Crippen LogP contribution in [0.4, 0.5) is 0 Å². The van der Waals surface area contributed by atoms with E-state index >= 15 is 0 Å². The molecule has 0 amide bonds. The van der Waals surface area contributed by atoms with Gasteiger partial charge in [-0.15, -0.1) is 0 Å². The molecule has 1 rings (SSSR count). The molecule has 0 radical (unpaired) electrons. The lowest BCUT2D eigenvalue weighted by Gasteiger charge is -2.20. The molecular formula is C14H23NO2. The Balaban J connectivity index is 2.39. The largest absolute Gasteiger partial charge is 0.491 e. The summed E-state index contributed by atoms with van der Waals surface area (Å²) in [4.78, 5) is 0. The highest BCUT2D eigenvalue weighted by Gasteiger charge is 2.07. The Kier molecular flexibility index (Phi) is 5.45. The minimum Gasteiger partial charge on any atom is -0.491 e. The van der Waals surface area contributed by atoms with E-state index in [9.17, 15) is 0 Å². The van der Waals surface area contributed by atoms with Gasteiger partial charge in [0.1, 0.15) is 12.4 Å². The molecule has 0 saturated carbocycles. The second-order valence-electron chi connectivity index (χ2n) is 5.09. The molecule has 0 saturated heterocycles. The lowest BCUT2D eigenvalue weighted by Crippen LogP contribution is -2.35. The summed E-state index contributed by atoms with van der Waals surface area (Å²) in [5, 5.41) is 3.45. The predicted molar refractivity (Wildman–Crippen MR) is 70.4 cm³/mol. The van der Waals surface area contributed by atoms with Gasteiger partial charge in [-0.3, -0.25) is 0 Å². The lowest BCUT2D eigenvalue weighted by atomic mass is 10.1. The van der Waals surface area contributed by atoms with Crippen molar-refractivity contribution in [2.45, 2.75) is 32.9 Å². The van der Waals surface area contributed by atoms with Crippen molar-refractivity contribution < 1.29 is 9.47 Å². The van der Waals surface area contributed by atoms with Crippen LogP contribution in [-0.2, 0) is 11.3 Å². The highest BCUT2D eigenvalue weighted by atomic mass is 16.5. The Morgan fingerprint density at radius 2 is 1.71 bits per heavy atom. The fraction of sp³-hybridized carbons (Fsp3) is 0.571. The van der Waals surface area contributed by atoms with Crippen LogP contribution in [-0.4, -0.2) is 25.9 Å². The van der Waals surface area contributed by atoms with Gasteiger partial charge in [-0.05, 0) is 38.5 Å². The van der Waals surface area contributed by atoms with Gasteiger partial charge in [0.05, 0.1) is 6.61 Å². The number of hydrogen-bond acceptors (Lipinski definition) is 3. The standard InChI is InChI=1S/C14H23NO2/c1-14(2,3)15-11-12-5-7-13(8-6-12)17-10-9-16-4/h5-8,15H,9-11H2,1-4H3. The summed E-state index contributed by atoms with van der Waals surface area (Å²) in [6.07, 6.45) is 0. The number of methoxy groups -OCH3 is 1. The molecule has 0 aliphatic rings. The number of hydrogen-bond donors (Lipinski definition) is 1. The molecule has 3 nitrogen and oxygen atoms in total. The van der Waals surface area contributed by atoms with Crippen molar-refractivity contribution in [3.8, 4) is 5.75 Å². The number of benzene rings is 1. The van der Waals surface area contributed by atoms with E-state index in [1.165, 1.54) is 5.56 Å². The van der Waals surface area contributed by atoms with E-state index in [2.05, 4.69) is 38.2 Å². The van der Waals surface area contributed by atoms with Crippen molar-refractivity contribution in [2.75, 3.05) is 20.3 Å². The summed E-state index contributed by atoms with van der Waals surface area (Å²) < 4.78 is 10.4. The third-order valence-electron chi connectivity index (χ3n) is 2.30. The maximum absolute atomic E-state index is 5.50. The van der Waals surface area contributed by atoms with Gasteiger partial charge >= 0.3 is 0 Å². The van der Waals surface area contributed by atoms with Gasteiger partial charge in [0.25, 0.3) is 0 Å². The van der Waals surface area contributed by atoms with Crippen molar-refractivity contribution >= 4 is 0 Å². The van der Waals surface area contributed by atoms with Crippen LogP contribution < -0.4 is 10.1 Å². The second-order valence-corrected chi connectivity index (χ2v) is 5.09. The van der Waals surface area contributed by atoms with Crippen LogP contribution in [0.5, 0.6) is 5.75 Å². The van der Waals surface area contributed by atoms with Gasteiger partial charge < -0.3 is 14.8 Å². The molecule has 0 heterocycles. The summed E-state index contributed by atoms with van der Waals surface area (Å²) >= 11 is 0. The quantitative estimate of drug-likeness (QED) is 0.771. The maximum atomic E-state index is 5.50. The zero-order valence-electron chi connectivity index (χ0n) is 11.2. The van der Waals surface area contributed by atoms with Gasteiger partial charge in [0, 0.05) is 19.2 Å². The second kappa shape index (κ2) is 6.62. The lowest BCUT2D eigenvalue weighted by molar-refractivity contribution is 0.146. The Hall–Kier alpha value is -1.06. The van der Waals surface area contributed by atoms with E-state index in [0.29, 0.717) is 13.2 Å². The normalized spacial score (nSPS) is 11.5. The Bertz CT molecular complexity index is 314. The molecular weight excluding hydrogens is 214 g/mol. The molecule has 0 aliphatic heterocycles. The topological polar surface area (TPSA) is 30.5 Å². The molecule has 0 aliphatic carbocycles. The van der Waals surface area contributed by atoms with Crippen LogP contribution >= 0.6 is 0 Å². The average Bonchev–Trinajstić information content (AvgIpc) is 2.27. The van der Waals surface area contributed by atoms with Crippen molar-refractivity contribution in [1.29, 1.82) is 0 Å². The Labute approximate surface area is 104 Å². The van der Waals surface area contributed by atoms with E-state index < -0.39 is 0 Å². The molecule has 1 aromatic rings. The molecule has 0 fully saturated rings. The molecule has 0 atom stereocenters. The Morgan fingerprint density at radius 1 is 1.06 bits per heavy atom. The fourth-order valence-corrected chi connectivity index (χ4v) is 1.31. The first-order chi connectivity index (χ1) is 8.01. The van der Waals surface area contributed by atoms with Crippen molar-refractivity contribution in [1.82, 2.24) is 5.32 Å². The molecule has 17 heavy (non-hydrogen) atoms. The average molecular weight is 237 g/mol. The first kappa shape index (κ1) is 14.0. The molecule has 96 valence electrons.